The van der Waals surface area contributed by atoms with Gasteiger partial charge in [-0.05, 0) is 47.9 Å². The highest BCUT2D eigenvalue weighted by Gasteiger charge is 2.31. The maximum atomic E-state index is 14.2. The topological polar surface area (TPSA) is 74.2 Å². The molecular formula is C23H16F6O6. The first kappa shape index (κ1) is 25.5. The molecule has 3 aromatic carbocycles. The van der Waals surface area contributed by atoms with Gasteiger partial charge in [0.05, 0.1) is 12.7 Å². The van der Waals surface area contributed by atoms with Crippen molar-refractivity contribution in [1.29, 1.82) is 0 Å². The molecule has 0 bridgehead atoms. The van der Waals surface area contributed by atoms with Gasteiger partial charge in [0, 0.05) is 12.1 Å². The number of methoxy groups -OCH3 is 1. The van der Waals surface area contributed by atoms with Crippen molar-refractivity contribution in [2.45, 2.75) is 19.4 Å². The first-order valence-corrected chi connectivity index (χ1v) is 9.66. The quantitative estimate of drug-likeness (QED) is 0.341. The van der Waals surface area contributed by atoms with Crippen LogP contribution in [-0.2, 0) is 6.42 Å². The monoisotopic (exact) mass is 502 g/mol. The average molecular weight is 502 g/mol. The summed E-state index contributed by atoms with van der Waals surface area (Å²) in [5.74, 6) is -3.54. The van der Waals surface area contributed by atoms with Gasteiger partial charge >= 0.3 is 18.9 Å². The fourth-order valence-electron chi connectivity index (χ4n) is 3.14. The van der Waals surface area contributed by atoms with Crippen molar-refractivity contribution in [2.75, 3.05) is 7.11 Å². The Morgan fingerprint density at radius 2 is 1.60 bits per heavy atom. The van der Waals surface area contributed by atoms with Crippen molar-refractivity contribution in [2.24, 2.45) is 0 Å². The zero-order valence-electron chi connectivity index (χ0n) is 17.7. The molecule has 0 aromatic heterocycles. The second-order valence-corrected chi connectivity index (χ2v) is 6.91. The highest BCUT2D eigenvalue weighted by atomic mass is 19.4. The summed E-state index contributed by atoms with van der Waals surface area (Å²) in [5.41, 5.74) is -0.295. The smallest absolute Gasteiger partial charge is 0.493 e. The highest BCUT2D eigenvalue weighted by Crippen LogP contribution is 2.36. The molecule has 1 N–H and O–H groups in total. The summed E-state index contributed by atoms with van der Waals surface area (Å²) in [5, 5.41) is 9.30. The van der Waals surface area contributed by atoms with E-state index in [-0.39, 0.29) is 29.2 Å². The SMILES string of the molecule is COc1cc(OC(F)(F)F)ccc1Oc1ccc(Cc2cc(OC(F)F)cc(F)c2C(=O)O)cc1. The minimum atomic E-state index is -4.88. The van der Waals surface area contributed by atoms with Crippen LogP contribution in [0.4, 0.5) is 26.3 Å². The van der Waals surface area contributed by atoms with Gasteiger partial charge < -0.3 is 24.1 Å². The average Bonchev–Trinajstić information content (AvgIpc) is 2.74. The van der Waals surface area contributed by atoms with E-state index in [4.69, 9.17) is 9.47 Å². The zero-order valence-corrected chi connectivity index (χ0v) is 17.7. The van der Waals surface area contributed by atoms with E-state index in [9.17, 15) is 36.2 Å². The molecule has 0 saturated carbocycles. The van der Waals surface area contributed by atoms with Crippen LogP contribution >= 0.6 is 0 Å². The molecule has 186 valence electrons. The summed E-state index contributed by atoms with van der Waals surface area (Å²) in [6.45, 7) is -3.22. The van der Waals surface area contributed by atoms with Crippen LogP contribution in [0.1, 0.15) is 21.5 Å². The maximum absolute atomic E-state index is 14.2. The molecule has 3 aromatic rings. The van der Waals surface area contributed by atoms with Gasteiger partial charge in [-0.3, -0.25) is 0 Å². The van der Waals surface area contributed by atoms with Gasteiger partial charge in [0.25, 0.3) is 0 Å². The van der Waals surface area contributed by atoms with Crippen LogP contribution in [0.5, 0.6) is 28.7 Å². The number of carboxylic acid groups (broad SMARTS) is 1. The summed E-state index contributed by atoms with van der Waals surface area (Å²) >= 11 is 0. The van der Waals surface area contributed by atoms with Crippen LogP contribution in [0.15, 0.2) is 54.6 Å². The van der Waals surface area contributed by atoms with E-state index in [1.807, 2.05) is 0 Å². The third-order valence-corrected chi connectivity index (χ3v) is 4.50. The molecule has 0 aliphatic heterocycles. The lowest BCUT2D eigenvalue weighted by atomic mass is 9.99. The number of carboxylic acids is 1. The summed E-state index contributed by atoms with van der Waals surface area (Å²) in [7, 11) is 1.23. The Balaban J connectivity index is 1.80. The number of rotatable bonds is 9. The second kappa shape index (κ2) is 10.5. The van der Waals surface area contributed by atoms with Crippen LogP contribution in [0.3, 0.4) is 0 Å². The van der Waals surface area contributed by atoms with Crippen molar-refractivity contribution < 1.29 is 55.2 Å². The number of alkyl halides is 5. The van der Waals surface area contributed by atoms with Crippen molar-refractivity contribution in [1.82, 2.24) is 0 Å². The van der Waals surface area contributed by atoms with E-state index >= 15 is 0 Å². The van der Waals surface area contributed by atoms with Gasteiger partial charge in [-0.1, -0.05) is 12.1 Å². The Kier molecular flexibility index (Phi) is 7.62. The molecule has 0 radical (unpaired) electrons. The van der Waals surface area contributed by atoms with E-state index in [0.717, 1.165) is 18.2 Å². The molecule has 6 nitrogen and oxygen atoms in total. The van der Waals surface area contributed by atoms with Gasteiger partial charge in [0.15, 0.2) is 11.5 Å². The van der Waals surface area contributed by atoms with Crippen molar-refractivity contribution in [3.05, 3.63) is 77.1 Å². The highest BCUT2D eigenvalue weighted by molar-refractivity contribution is 5.90. The predicted octanol–water partition coefficient (Wildman–Crippen LogP) is 6.42. The molecule has 12 heteroatoms. The fraction of sp³-hybridized carbons (Fsp3) is 0.174. The Morgan fingerprint density at radius 3 is 2.17 bits per heavy atom. The van der Waals surface area contributed by atoms with Crippen LogP contribution in [0.2, 0.25) is 0 Å². The lowest BCUT2D eigenvalue weighted by Crippen LogP contribution is -2.17. The van der Waals surface area contributed by atoms with Gasteiger partial charge in [0.2, 0.25) is 0 Å². The Bertz CT molecular complexity index is 1190. The lowest BCUT2D eigenvalue weighted by molar-refractivity contribution is -0.274. The van der Waals surface area contributed by atoms with Crippen LogP contribution in [-0.4, -0.2) is 31.2 Å². The molecule has 0 saturated heterocycles. The van der Waals surface area contributed by atoms with E-state index in [1.54, 1.807) is 0 Å². The number of benzene rings is 3. The molecule has 0 heterocycles. The second-order valence-electron chi connectivity index (χ2n) is 6.91. The molecule has 35 heavy (non-hydrogen) atoms. The van der Waals surface area contributed by atoms with Gasteiger partial charge in [-0.25, -0.2) is 9.18 Å². The van der Waals surface area contributed by atoms with Crippen LogP contribution < -0.4 is 18.9 Å². The minimum absolute atomic E-state index is 0.0340. The lowest BCUT2D eigenvalue weighted by Gasteiger charge is -2.14. The molecule has 0 aliphatic carbocycles. The number of ether oxygens (including phenoxy) is 4. The van der Waals surface area contributed by atoms with Crippen molar-refractivity contribution in [3.63, 3.8) is 0 Å². The number of halogens is 6. The Labute approximate surface area is 194 Å². The molecule has 0 aliphatic rings. The summed E-state index contributed by atoms with van der Waals surface area (Å²) in [6.07, 6.45) is -5.01. The Morgan fingerprint density at radius 1 is 0.943 bits per heavy atom. The number of hydrogen-bond acceptors (Lipinski definition) is 5. The molecule has 0 atom stereocenters. The normalized spacial score (nSPS) is 11.3. The largest absolute Gasteiger partial charge is 0.573 e. The van der Waals surface area contributed by atoms with E-state index in [1.165, 1.54) is 37.4 Å². The van der Waals surface area contributed by atoms with Crippen LogP contribution in [0, 0.1) is 5.82 Å². The maximum Gasteiger partial charge on any atom is 0.573 e. The molecule has 0 spiro atoms. The molecular weight excluding hydrogens is 486 g/mol. The summed E-state index contributed by atoms with van der Waals surface area (Å²) in [6, 6.07) is 10.8. The third kappa shape index (κ3) is 6.95. The zero-order chi connectivity index (χ0) is 25.8. The first-order valence-electron chi connectivity index (χ1n) is 9.66. The molecule has 3 rings (SSSR count). The van der Waals surface area contributed by atoms with E-state index in [0.29, 0.717) is 11.6 Å². The van der Waals surface area contributed by atoms with Crippen molar-refractivity contribution in [3.8, 4) is 28.7 Å². The fourth-order valence-corrected chi connectivity index (χ4v) is 3.14. The van der Waals surface area contributed by atoms with Gasteiger partial charge in [-0.15, -0.1) is 13.2 Å². The minimum Gasteiger partial charge on any atom is -0.493 e. The Hall–Kier alpha value is -4.09. The standard InChI is InChI=1S/C23H16F6O6/c1-32-19-11-15(35-23(27,28)29)6-7-18(19)33-14-4-2-12(3-5-14)8-13-9-16(34-22(25)26)10-17(24)20(13)21(30)31/h2-7,9-11,22H,8H2,1H3,(H,30,31). The third-order valence-electron chi connectivity index (χ3n) is 4.50. The first-order chi connectivity index (χ1) is 16.4. The van der Waals surface area contributed by atoms with Crippen LogP contribution in [0.25, 0.3) is 0 Å². The predicted molar refractivity (Wildman–Crippen MR) is 109 cm³/mol. The number of carbonyl (C=O) groups is 1. The van der Waals surface area contributed by atoms with Crippen molar-refractivity contribution >= 4 is 5.97 Å². The summed E-state index contributed by atoms with van der Waals surface area (Å²) < 4.78 is 95.1. The number of hydrogen-bond donors (Lipinski definition) is 1. The molecule has 0 amide bonds. The summed E-state index contributed by atoms with van der Waals surface area (Å²) in [4.78, 5) is 11.5. The van der Waals surface area contributed by atoms with Gasteiger partial charge in [0.1, 0.15) is 23.1 Å². The van der Waals surface area contributed by atoms with Gasteiger partial charge in [-0.2, -0.15) is 8.78 Å². The molecule has 0 unspecified atom stereocenters. The van der Waals surface area contributed by atoms with E-state index < -0.39 is 41.8 Å². The van der Waals surface area contributed by atoms with E-state index in [2.05, 4.69) is 9.47 Å². The number of aromatic carboxylic acids is 1. The molecule has 0 fully saturated rings.